The van der Waals surface area contributed by atoms with Gasteiger partial charge in [0.15, 0.2) is 0 Å². The summed E-state index contributed by atoms with van der Waals surface area (Å²) >= 11 is 0. The van der Waals surface area contributed by atoms with Gasteiger partial charge in [-0.3, -0.25) is 0 Å². The van der Waals surface area contributed by atoms with Crippen molar-refractivity contribution in [2.75, 3.05) is 6.61 Å². The van der Waals surface area contributed by atoms with Crippen molar-refractivity contribution in [2.45, 2.75) is 24.8 Å². The number of hydrogen-bond acceptors (Lipinski definition) is 1. The van der Waals surface area contributed by atoms with E-state index in [-0.39, 0.29) is 12.1 Å². The van der Waals surface area contributed by atoms with E-state index < -0.39 is 0 Å². The summed E-state index contributed by atoms with van der Waals surface area (Å²) in [4.78, 5) is 0. The molecule has 3 N–H and O–H groups in total. The van der Waals surface area contributed by atoms with E-state index in [0.717, 1.165) is 12.8 Å². The number of aliphatic hydroxyl groups is 1. The lowest BCUT2D eigenvalue weighted by Gasteiger charge is -2.39. The summed E-state index contributed by atoms with van der Waals surface area (Å²) in [6, 6.07) is 0. The molecule has 2 nitrogen and oxygen atoms in total. The Labute approximate surface area is 49.9 Å². The van der Waals surface area contributed by atoms with Crippen LogP contribution in [0.15, 0.2) is 0 Å². The average Bonchev–Trinajstić information content (AvgIpc) is 1.67. The third kappa shape index (κ3) is 0.740. The highest BCUT2D eigenvalue weighted by molar-refractivity contribution is 4.85. The van der Waals surface area contributed by atoms with E-state index in [1.54, 1.807) is 0 Å². The van der Waals surface area contributed by atoms with Gasteiger partial charge in [-0.25, -0.2) is 0 Å². The van der Waals surface area contributed by atoms with Gasteiger partial charge in [0, 0.05) is 12.8 Å². The average molecular weight is 115 g/mol. The van der Waals surface area contributed by atoms with Crippen molar-refractivity contribution in [1.29, 1.82) is 0 Å². The standard InChI is InChI=1S/C6H13NO/c1-7-6(5-8)3-2-4-6/h8H,1-5,7H2. The van der Waals surface area contributed by atoms with E-state index in [9.17, 15) is 0 Å². The molecule has 1 aliphatic carbocycles. The minimum atomic E-state index is 0.125. The van der Waals surface area contributed by atoms with Crippen molar-refractivity contribution in [1.82, 2.24) is 0 Å². The predicted molar refractivity (Wildman–Crippen MR) is 31.0 cm³/mol. The molecule has 0 spiro atoms. The van der Waals surface area contributed by atoms with E-state index in [0.29, 0.717) is 0 Å². The molecule has 0 radical (unpaired) electrons. The molecule has 0 aromatic rings. The zero-order valence-corrected chi connectivity index (χ0v) is 5.06. The van der Waals surface area contributed by atoms with Crippen molar-refractivity contribution in [3.63, 3.8) is 0 Å². The second-order valence-electron chi connectivity index (χ2n) is 2.58. The molecular weight excluding hydrogens is 102 g/mol. The Kier molecular flexibility index (Phi) is 1.54. The number of nitrogens with two attached hydrogens (primary N) is 1. The molecular formula is C6H13NO. The van der Waals surface area contributed by atoms with Gasteiger partial charge in [-0.15, -0.1) is 0 Å². The highest BCUT2D eigenvalue weighted by Crippen LogP contribution is 2.26. The van der Waals surface area contributed by atoms with Gasteiger partial charge in [0.1, 0.15) is 0 Å². The van der Waals surface area contributed by atoms with Crippen molar-refractivity contribution in [3.05, 3.63) is 7.05 Å². The molecule has 0 amide bonds. The molecule has 48 valence electrons. The largest absolute Gasteiger partial charge is 0.472 e. The van der Waals surface area contributed by atoms with Gasteiger partial charge in [0.25, 0.3) is 0 Å². The Morgan fingerprint density at radius 1 is 1.62 bits per heavy atom. The molecule has 0 aromatic carbocycles. The van der Waals surface area contributed by atoms with Crippen LogP contribution in [0.25, 0.3) is 0 Å². The maximum absolute atomic E-state index is 8.77. The molecule has 0 saturated heterocycles. The Hall–Kier alpha value is -0.0800. The first kappa shape index (κ1) is 6.05. The quantitative estimate of drug-likeness (QED) is 0.457. The summed E-state index contributed by atoms with van der Waals surface area (Å²) in [7, 11) is 3.67. The first-order valence-electron chi connectivity index (χ1n) is 3.07. The Bertz CT molecular complexity index is 65.1. The van der Waals surface area contributed by atoms with Gasteiger partial charge < -0.3 is 10.4 Å². The Balaban J connectivity index is 2.33. The first-order chi connectivity index (χ1) is 3.83. The lowest BCUT2D eigenvalue weighted by atomic mass is 9.78. The van der Waals surface area contributed by atoms with Crippen LogP contribution in [-0.4, -0.2) is 17.3 Å². The van der Waals surface area contributed by atoms with Crippen molar-refractivity contribution in [3.8, 4) is 0 Å². The first-order valence-corrected chi connectivity index (χ1v) is 3.07. The summed E-state index contributed by atoms with van der Waals surface area (Å²) in [5.41, 5.74) is 0.125. The fraction of sp³-hybridized carbons (Fsp3) is 0.833. The molecule has 1 saturated carbocycles. The summed E-state index contributed by atoms with van der Waals surface area (Å²) in [5.74, 6) is 0. The molecule has 0 aromatic heterocycles. The van der Waals surface area contributed by atoms with Crippen molar-refractivity contribution >= 4 is 0 Å². The smallest absolute Gasteiger partial charge is 0.0957 e. The van der Waals surface area contributed by atoms with Gasteiger partial charge in [-0.2, -0.15) is 7.05 Å². The number of hydrogen-bond donors (Lipinski definition) is 2. The summed E-state index contributed by atoms with van der Waals surface area (Å²) in [6.45, 7) is 0.288. The van der Waals surface area contributed by atoms with Crippen LogP contribution in [0, 0.1) is 7.05 Å². The lowest BCUT2D eigenvalue weighted by Crippen LogP contribution is -2.95. The minimum absolute atomic E-state index is 0.125. The van der Waals surface area contributed by atoms with Gasteiger partial charge in [-0.05, 0) is 6.42 Å². The van der Waals surface area contributed by atoms with E-state index in [1.807, 2.05) is 5.32 Å². The van der Waals surface area contributed by atoms with Crippen molar-refractivity contribution in [2.24, 2.45) is 0 Å². The second kappa shape index (κ2) is 2.03. The third-order valence-corrected chi connectivity index (χ3v) is 2.10. The monoisotopic (exact) mass is 115 g/mol. The molecule has 0 unspecified atom stereocenters. The van der Waals surface area contributed by atoms with Gasteiger partial charge in [-0.1, -0.05) is 0 Å². The van der Waals surface area contributed by atoms with E-state index in [1.165, 1.54) is 6.42 Å². The van der Waals surface area contributed by atoms with Crippen LogP contribution in [0.1, 0.15) is 19.3 Å². The molecule has 2 heteroatoms. The molecule has 0 heterocycles. The number of quaternary nitrogens is 1. The summed E-state index contributed by atoms with van der Waals surface area (Å²) in [5, 5.41) is 10.7. The topological polar surface area (TPSA) is 36.8 Å². The predicted octanol–water partition coefficient (Wildman–Crippen LogP) is -0.744. The SMILES string of the molecule is [CH2-][NH2+]C1(CO)CCC1. The number of rotatable bonds is 2. The molecule has 8 heavy (non-hydrogen) atoms. The highest BCUT2D eigenvalue weighted by Gasteiger charge is 2.36. The van der Waals surface area contributed by atoms with E-state index in [4.69, 9.17) is 5.11 Å². The molecule has 0 bridgehead atoms. The molecule has 0 atom stereocenters. The minimum Gasteiger partial charge on any atom is -0.472 e. The maximum Gasteiger partial charge on any atom is 0.0957 e. The van der Waals surface area contributed by atoms with Crippen LogP contribution in [-0.2, 0) is 0 Å². The van der Waals surface area contributed by atoms with Crippen LogP contribution in [0.4, 0.5) is 0 Å². The molecule has 1 aliphatic rings. The second-order valence-corrected chi connectivity index (χ2v) is 2.58. The lowest BCUT2D eigenvalue weighted by molar-refractivity contribution is -0.691. The van der Waals surface area contributed by atoms with E-state index in [2.05, 4.69) is 7.05 Å². The van der Waals surface area contributed by atoms with E-state index >= 15 is 0 Å². The zero-order chi connectivity index (χ0) is 6.04. The van der Waals surface area contributed by atoms with Gasteiger partial charge in [0.2, 0.25) is 0 Å². The van der Waals surface area contributed by atoms with Crippen LogP contribution in [0.5, 0.6) is 0 Å². The van der Waals surface area contributed by atoms with Crippen LogP contribution < -0.4 is 5.32 Å². The van der Waals surface area contributed by atoms with Gasteiger partial charge in [0.05, 0.1) is 12.1 Å². The van der Waals surface area contributed by atoms with Gasteiger partial charge >= 0.3 is 0 Å². The van der Waals surface area contributed by atoms with Crippen molar-refractivity contribution < 1.29 is 10.4 Å². The highest BCUT2D eigenvalue weighted by atomic mass is 16.3. The molecule has 1 fully saturated rings. The van der Waals surface area contributed by atoms with Crippen LogP contribution in [0.2, 0.25) is 0 Å². The van der Waals surface area contributed by atoms with Crippen LogP contribution in [0.3, 0.4) is 0 Å². The molecule has 1 rings (SSSR count). The summed E-state index contributed by atoms with van der Waals surface area (Å²) < 4.78 is 0. The fourth-order valence-electron chi connectivity index (χ4n) is 1.06. The van der Waals surface area contributed by atoms with Crippen LogP contribution >= 0.6 is 0 Å². The Morgan fingerprint density at radius 2 is 2.25 bits per heavy atom. The normalized spacial score (nSPS) is 24.8. The maximum atomic E-state index is 8.77. The molecule has 0 aliphatic heterocycles. The Morgan fingerprint density at radius 3 is 2.25 bits per heavy atom. The number of aliphatic hydroxyl groups excluding tert-OH is 1. The summed E-state index contributed by atoms with van der Waals surface area (Å²) in [6.07, 6.45) is 3.52. The fourth-order valence-corrected chi connectivity index (χ4v) is 1.06. The third-order valence-electron chi connectivity index (χ3n) is 2.10. The zero-order valence-electron chi connectivity index (χ0n) is 5.06.